The molecule has 1 rings (SSSR count). The van der Waals surface area contributed by atoms with E-state index in [2.05, 4.69) is 25.7 Å². The summed E-state index contributed by atoms with van der Waals surface area (Å²) in [6.45, 7) is 10.2. The van der Waals surface area contributed by atoms with E-state index in [1.165, 1.54) is 6.42 Å². The van der Waals surface area contributed by atoms with Crippen LogP contribution in [0, 0.1) is 17.8 Å². The Bertz CT molecular complexity index is 242. The Balaban J connectivity index is 2.66. The van der Waals surface area contributed by atoms with Crippen LogP contribution in [0.1, 0.15) is 40.5 Å². The molecule has 3 heteroatoms. The van der Waals surface area contributed by atoms with Crippen LogP contribution >= 0.6 is 0 Å². The van der Waals surface area contributed by atoms with Gasteiger partial charge in [-0.25, -0.2) is 0 Å². The molecule has 0 spiro atoms. The highest BCUT2D eigenvalue weighted by Crippen LogP contribution is 2.28. The average Bonchev–Trinajstić information content (AvgIpc) is 2.22. The molecule has 0 aromatic rings. The first kappa shape index (κ1) is 13.5. The number of piperidine rings is 1. The lowest BCUT2D eigenvalue weighted by Crippen LogP contribution is -2.50. The maximum absolute atomic E-state index is 12.3. The first-order chi connectivity index (χ1) is 7.47. The third-order valence-electron chi connectivity index (χ3n) is 3.90. The van der Waals surface area contributed by atoms with E-state index in [1.54, 1.807) is 0 Å². The molecule has 1 saturated heterocycles. The molecule has 94 valence electrons. The van der Waals surface area contributed by atoms with Crippen LogP contribution in [0.3, 0.4) is 0 Å². The molecule has 0 aliphatic carbocycles. The van der Waals surface area contributed by atoms with E-state index in [9.17, 15) is 4.79 Å². The van der Waals surface area contributed by atoms with Crippen LogP contribution in [0.5, 0.6) is 0 Å². The van der Waals surface area contributed by atoms with Crippen molar-refractivity contribution in [1.82, 2.24) is 4.90 Å². The fourth-order valence-corrected chi connectivity index (χ4v) is 2.66. The van der Waals surface area contributed by atoms with E-state index in [0.29, 0.717) is 24.4 Å². The van der Waals surface area contributed by atoms with E-state index < -0.39 is 0 Å². The fraction of sp³-hybridized carbons (Fsp3) is 0.923. The SMILES string of the molecule is CC1CC(C)C(C)N(C(=O)C(C)CCN)C1. The smallest absolute Gasteiger partial charge is 0.225 e. The van der Waals surface area contributed by atoms with Crippen LogP contribution in [0.25, 0.3) is 0 Å². The Morgan fingerprint density at radius 1 is 1.44 bits per heavy atom. The molecular weight excluding hydrogens is 200 g/mol. The number of rotatable bonds is 3. The number of nitrogens with zero attached hydrogens (tertiary/aromatic N) is 1. The van der Waals surface area contributed by atoms with Crippen molar-refractivity contribution in [2.45, 2.75) is 46.6 Å². The third kappa shape index (κ3) is 2.97. The number of hydrogen-bond acceptors (Lipinski definition) is 2. The fourth-order valence-electron chi connectivity index (χ4n) is 2.66. The van der Waals surface area contributed by atoms with Crippen molar-refractivity contribution in [3.63, 3.8) is 0 Å². The zero-order valence-corrected chi connectivity index (χ0v) is 11.1. The zero-order chi connectivity index (χ0) is 12.3. The van der Waals surface area contributed by atoms with Crippen molar-refractivity contribution in [3.8, 4) is 0 Å². The second-order valence-corrected chi connectivity index (χ2v) is 5.53. The van der Waals surface area contributed by atoms with Crippen molar-refractivity contribution in [2.24, 2.45) is 23.5 Å². The molecule has 1 aliphatic rings. The van der Waals surface area contributed by atoms with Gasteiger partial charge in [0.15, 0.2) is 0 Å². The van der Waals surface area contributed by atoms with Crippen molar-refractivity contribution < 1.29 is 4.79 Å². The van der Waals surface area contributed by atoms with E-state index in [0.717, 1.165) is 13.0 Å². The molecule has 1 aliphatic heterocycles. The molecule has 4 unspecified atom stereocenters. The van der Waals surface area contributed by atoms with Gasteiger partial charge in [-0.3, -0.25) is 4.79 Å². The van der Waals surface area contributed by atoms with Crippen molar-refractivity contribution in [3.05, 3.63) is 0 Å². The highest BCUT2D eigenvalue weighted by atomic mass is 16.2. The summed E-state index contributed by atoms with van der Waals surface area (Å²) in [6.07, 6.45) is 2.03. The zero-order valence-electron chi connectivity index (χ0n) is 11.1. The molecule has 0 saturated carbocycles. The van der Waals surface area contributed by atoms with Crippen molar-refractivity contribution in [1.29, 1.82) is 0 Å². The second kappa shape index (κ2) is 5.67. The first-order valence-corrected chi connectivity index (χ1v) is 6.47. The quantitative estimate of drug-likeness (QED) is 0.798. The van der Waals surface area contributed by atoms with Crippen LogP contribution in [-0.4, -0.2) is 29.9 Å². The summed E-state index contributed by atoms with van der Waals surface area (Å²) < 4.78 is 0. The van der Waals surface area contributed by atoms with Gasteiger partial charge in [-0.15, -0.1) is 0 Å². The van der Waals surface area contributed by atoms with Crippen molar-refractivity contribution in [2.75, 3.05) is 13.1 Å². The number of carbonyl (C=O) groups is 1. The standard InChI is InChI=1S/C13H26N2O/c1-9-7-11(3)12(4)15(8-9)13(16)10(2)5-6-14/h9-12H,5-8,14H2,1-4H3. The maximum Gasteiger partial charge on any atom is 0.225 e. The number of likely N-dealkylation sites (tertiary alicyclic amines) is 1. The van der Waals surface area contributed by atoms with Crippen LogP contribution in [0.2, 0.25) is 0 Å². The molecule has 1 fully saturated rings. The van der Waals surface area contributed by atoms with Crippen LogP contribution in [0.4, 0.5) is 0 Å². The predicted octanol–water partition coefficient (Wildman–Crippen LogP) is 1.86. The van der Waals surface area contributed by atoms with Gasteiger partial charge in [0.1, 0.15) is 0 Å². The molecule has 0 radical (unpaired) electrons. The van der Waals surface area contributed by atoms with Gasteiger partial charge in [0, 0.05) is 18.5 Å². The van der Waals surface area contributed by atoms with Gasteiger partial charge < -0.3 is 10.6 Å². The van der Waals surface area contributed by atoms with Crippen LogP contribution in [-0.2, 0) is 4.79 Å². The Morgan fingerprint density at radius 3 is 2.62 bits per heavy atom. The highest BCUT2D eigenvalue weighted by molar-refractivity contribution is 5.79. The van der Waals surface area contributed by atoms with E-state index in [-0.39, 0.29) is 11.8 Å². The Morgan fingerprint density at radius 2 is 2.06 bits per heavy atom. The summed E-state index contributed by atoms with van der Waals surface area (Å²) in [7, 11) is 0. The van der Waals surface area contributed by atoms with Crippen LogP contribution < -0.4 is 5.73 Å². The molecule has 16 heavy (non-hydrogen) atoms. The lowest BCUT2D eigenvalue weighted by atomic mass is 9.85. The van der Waals surface area contributed by atoms with Gasteiger partial charge in [-0.1, -0.05) is 20.8 Å². The topological polar surface area (TPSA) is 46.3 Å². The molecule has 4 atom stereocenters. The average molecular weight is 226 g/mol. The van der Waals surface area contributed by atoms with E-state index >= 15 is 0 Å². The lowest BCUT2D eigenvalue weighted by Gasteiger charge is -2.42. The largest absolute Gasteiger partial charge is 0.339 e. The molecule has 2 N–H and O–H groups in total. The number of carbonyl (C=O) groups excluding carboxylic acids is 1. The minimum absolute atomic E-state index is 0.0740. The Kier molecular flexibility index (Phi) is 4.78. The molecule has 1 heterocycles. The van der Waals surface area contributed by atoms with Crippen LogP contribution in [0.15, 0.2) is 0 Å². The minimum atomic E-state index is 0.0740. The Hall–Kier alpha value is -0.570. The number of amides is 1. The van der Waals surface area contributed by atoms with Gasteiger partial charge in [-0.05, 0) is 38.1 Å². The highest BCUT2D eigenvalue weighted by Gasteiger charge is 2.33. The van der Waals surface area contributed by atoms with Gasteiger partial charge in [0.05, 0.1) is 0 Å². The normalized spacial score (nSPS) is 32.6. The second-order valence-electron chi connectivity index (χ2n) is 5.53. The molecule has 0 aromatic carbocycles. The predicted molar refractivity (Wildman–Crippen MR) is 67.0 cm³/mol. The summed E-state index contributed by atoms with van der Waals surface area (Å²) in [5, 5.41) is 0. The maximum atomic E-state index is 12.3. The van der Waals surface area contributed by atoms with E-state index in [4.69, 9.17) is 5.73 Å². The Labute approximate surface area is 99.4 Å². The third-order valence-corrected chi connectivity index (χ3v) is 3.90. The monoisotopic (exact) mass is 226 g/mol. The molecular formula is C13H26N2O. The van der Waals surface area contributed by atoms with Gasteiger partial charge in [0.25, 0.3) is 0 Å². The molecule has 0 bridgehead atoms. The number of hydrogen-bond donors (Lipinski definition) is 1. The molecule has 3 nitrogen and oxygen atoms in total. The summed E-state index contributed by atoms with van der Waals surface area (Å²) in [5.41, 5.74) is 5.52. The summed E-state index contributed by atoms with van der Waals surface area (Å²) >= 11 is 0. The van der Waals surface area contributed by atoms with Gasteiger partial charge in [0.2, 0.25) is 5.91 Å². The van der Waals surface area contributed by atoms with Gasteiger partial charge >= 0.3 is 0 Å². The van der Waals surface area contributed by atoms with Crippen molar-refractivity contribution >= 4 is 5.91 Å². The molecule has 1 amide bonds. The first-order valence-electron chi connectivity index (χ1n) is 6.47. The minimum Gasteiger partial charge on any atom is -0.339 e. The summed E-state index contributed by atoms with van der Waals surface area (Å²) in [4.78, 5) is 14.3. The van der Waals surface area contributed by atoms with Gasteiger partial charge in [-0.2, -0.15) is 0 Å². The summed E-state index contributed by atoms with van der Waals surface area (Å²) in [5.74, 6) is 1.60. The summed E-state index contributed by atoms with van der Waals surface area (Å²) in [6, 6.07) is 0.379. The lowest BCUT2D eigenvalue weighted by molar-refractivity contribution is -0.141. The number of nitrogens with two attached hydrogens (primary N) is 1. The molecule has 0 aromatic heterocycles. The van der Waals surface area contributed by atoms with E-state index in [1.807, 2.05) is 6.92 Å².